The molecule has 13 heavy (non-hydrogen) atoms. The molecule has 0 bridgehead atoms. The Hall–Kier alpha value is -0.550. The minimum atomic E-state index is 0.0893. The Morgan fingerprint density at radius 1 is 1.69 bits per heavy atom. The summed E-state index contributed by atoms with van der Waals surface area (Å²) in [5.41, 5.74) is 0. The standard InChI is InChI=1S/C8H9NO2S2/c10-7-5-13-8(12)9(7)4-6-2-1-3-11-6/h2H,1,3-5H2. The Morgan fingerprint density at radius 3 is 3.08 bits per heavy atom. The third kappa shape index (κ3) is 1.86. The van der Waals surface area contributed by atoms with Crippen LogP contribution >= 0.6 is 24.0 Å². The molecule has 1 fully saturated rings. The Bertz CT molecular complexity index is 272. The number of carbonyl (C=O) groups is 1. The molecular formula is C8H9NO2S2. The van der Waals surface area contributed by atoms with Gasteiger partial charge in [0.15, 0.2) is 0 Å². The lowest BCUT2D eigenvalue weighted by atomic mass is 10.4. The fraction of sp³-hybridized carbons (Fsp3) is 0.500. The summed E-state index contributed by atoms with van der Waals surface area (Å²) in [5.74, 6) is 1.44. The van der Waals surface area contributed by atoms with Crippen LogP contribution in [0.2, 0.25) is 0 Å². The first-order valence-corrected chi connectivity index (χ1v) is 5.46. The molecule has 2 aliphatic rings. The number of ether oxygens (including phenoxy) is 1. The van der Waals surface area contributed by atoms with Crippen LogP contribution in [0.3, 0.4) is 0 Å². The summed E-state index contributed by atoms with van der Waals surface area (Å²) < 4.78 is 5.98. The van der Waals surface area contributed by atoms with E-state index in [1.165, 1.54) is 11.8 Å². The number of carbonyl (C=O) groups excluding carboxylic acids is 1. The third-order valence-corrected chi connectivity index (χ3v) is 3.36. The number of hydrogen-bond donors (Lipinski definition) is 0. The lowest BCUT2D eigenvalue weighted by molar-refractivity contribution is -0.124. The van der Waals surface area contributed by atoms with E-state index in [2.05, 4.69) is 0 Å². The van der Waals surface area contributed by atoms with E-state index in [4.69, 9.17) is 17.0 Å². The molecule has 2 rings (SSSR count). The van der Waals surface area contributed by atoms with Gasteiger partial charge in [-0.05, 0) is 6.08 Å². The average Bonchev–Trinajstić information content (AvgIpc) is 2.70. The highest BCUT2D eigenvalue weighted by Gasteiger charge is 2.27. The zero-order valence-corrected chi connectivity index (χ0v) is 8.62. The normalized spacial score (nSPS) is 22.2. The molecule has 0 aliphatic carbocycles. The maximum Gasteiger partial charge on any atom is 0.238 e. The van der Waals surface area contributed by atoms with Crippen molar-refractivity contribution in [3.63, 3.8) is 0 Å². The van der Waals surface area contributed by atoms with Crippen molar-refractivity contribution in [3.8, 4) is 0 Å². The van der Waals surface area contributed by atoms with E-state index in [9.17, 15) is 4.79 Å². The van der Waals surface area contributed by atoms with Crippen LogP contribution in [0.5, 0.6) is 0 Å². The third-order valence-electron chi connectivity index (χ3n) is 1.93. The van der Waals surface area contributed by atoms with Crippen LogP contribution in [-0.2, 0) is 9.53 Å². The number of thiocarbonyl (C=S) groups is 1. The second kappa shape index (κ2) is 3.67. The molecule has 2 heterocycles. The van der Waals surface area contributed by atoms with E-state index in [0.29, 0.717) is 16.6 Å². The molecule has 0 N–H and O–H groups in total. The van der Waals surface area contributed by atoms with Crippen molar-refractivity contribution in [2.24, 2.45) is 0 Å². The summed E-state index contributed by atoms with van der Waals surface area (Å²) in [4.78, 5) is 12.9. The molecule has 0 atom stereocenters. The first kappa shape index (κ1) is 9.02. The van der Waals surface area contributed by atoms with Crippen LogP contribution in [0.25, 0.3) is 0 Å². The van der Waals surface area contributed by atoms with Gasteiger partial charge in [0.1, 0.15) is 10.1 Å². The summed E-state index contributed by atoms with van der Waals surface area (Å²) in [7, 11) is 0. The number of thioether (sulfide) groups is 1. The highest BCUT2D eigenvalue weighted by Crippen LogP contribution is 2.21. The first-order valence-electron chi connectivity index (χ1n) is 4.06. The SMILES string of the molecule is O=C1CSC(=S)N1CC1=CCCO1. The summed E-state index contributed by atoms with van der Waals surface area (Å²) in [6, 6.07) is 0. The van der Waals surface area contributed by atoms with E-state index in [1.54, 1.807) is 4.90 Å². The number of rotatable bonds is 2. The number of amides is 1. The summed E-state index contributed by atoms with van der Waals surface area (Å²) in [6.07, 6.45) is 2.95. The van der Waals surface area contributed by atoms with Gasteiger partial charge in [-0.2, -0.15) is 0 Å². The molecule has 5 heteroatoms. The maximum atomic E-state index is 11.3. The Morgan fingerprint density at radius 2 is 2.54 bits per heavy atom. The van der Waals surface area contributed by atoms with Crippen molar-refractivity contribution >= 4 is 34.2 Å². The van der Waals surface area contributed by atoms with E-state index in [1.807, 2.05) is 6.08 Å². The average molecular weight is 215 g/mol. The van der Waals surface area contributed by atoms with Crippen molar-refractivity contribution in [1.29, 1.82) is 0 Å². The summed E-state index contributed by atoms with van der Waals surface area (Å²) in [6.45, 7) is 1.25. The maximum absolute atomic E-state index is 11.3. The number of nitrogens with zero attached hydrogens (tertiary/aromatic N) is 1. The van der Waals surface area contributed by atoms with Gasteiger partial charge in [-0.1, -0.05) is 24.0 Å². The topological polar surface area (TPSA) is 29.5 Å². The van der Waals surface area contributed by atoms with Gasteiger partial charge in [0.25, 0.3) is 0 Å². The molecule has 0 aromatic carbocycles. The molecule has 0 radical (unpaired) electrons. The molecule has 70 valence electrons. The molecule has 3 nitrogen and oxygen atoms in total. The van der Waals surface area contributed by atoms with E-state index < -0.39 is 0 Å². The van der Waals surface area contributed by atoms with Crippen LogP contribution in [0.15, 0.2) is 11.8 Å². The summed E-state index contributed by atoms with van der Waals surface area (Å²) in [5, 5.41) is 0. The van der Waals surface area contributed by atoms with Gasteiger partial charge in [-0.3, -0.25) is 9.69 Å². The quantitative estimate of drug-likeness (QED) is 0.646. The molecular weight excluding hydrogens is 206 g/mol. The second-order valence-electron chi connectivity index (χ2n) is 2.84. The minimum Gasteiger partial charge on any atom is -0.496 e. The van der Waals surface area contributed by atoms with E-state index in [0.717, 1.165) is 18.8 Å². The van der Waals surface area contributed by atoms with Crippen molar-refractivity contribution < 1.29 is 9.53 Å². The lowest BCUT2D eigenvalue weighted by Gasteiger charge is -2.14. The molecule has 0 unspecified atom stereocenters. The van der Waals surface area contributed by atoms with Crippen LogP contribution in [0.4, 0.5) is 0 Å². The molecule has 1 saturated heterocycles. The Labute approximate surface area is 86.1 Å². The van der Waals surface area contributed by atoms with Crippen LogP contribution in [-0.4, -0.2) is 34.0 Å². The smallest absolute Gasteiger partial charge is 0.238 e. The van der Waals surface area contributed by atoms with Crippen molar-refractivity contribution in [3.05, 3.63) is 11.8 Å². The van der Waals surface area contributed by atoms with Gasteiger partial charge in [0.05, 0.1) is 18.9 Å². The van der Waals surface area contributed by atoms with Crippen LogP contribution < -0.4 is 0 Å². The van der Waals surface area contributed by atoms with Gasteiger partial charge in [0, 0.05) is 6.42 Å². The molecule has 0 aromatic rings. The summed E-state index contributed by atoms with van der Waals surface area (Å²) >= 11 is 6.46. The Kier molecular flexibility index (Phi) is 2.55. The molecule has 0 aromatic heterocycles. The first-order chi connectivity index (χ1) is 6.27. The van der Waals surface area contributed by atoms with Crippen LogP contribution in [0, 0.1) is 0 Å². The number of hydrogen-bond acceptors (Lipinski definition) is 4. The zero-order valence-electron chi connectivity index (χ0n) is 6.99. The van der Waals surface area contributed by atoms with Gasteiger partial charge in [-0.25, -0.2) is 0 Å². The molecule has 0 spiro atoms. The van der Waals surface area contributed by atoms with Crippen molar-refractivity contribution in [1.82, 2.24) is 4.90 Å². The van der Waals surface area contributed by atoms with Gasteiger partial charge in [0.2, 0.25) is 5.91 Å². The van der Waals surface area contributed by atoms with E-state index >= 15 is 0 Å². The fourth-order valence-electron chi connectivity index (χ4n) is 1.27. The lowest BCUT2D eigenvalue weighted by Crippen LogP contribution is -2.30. The fourth-order valence-corrected chi connectivity index (χ4v) is 2.34. The van der Waals surface area contributed by atoms with Crippen LogP contribution in [0.1, 0.15) is 6.42 Å². The molecule has 2 aliphatic heterocycles. The predicted molar refractivity (Wildman–Crippen MR) is 55.4 cm³/mol. The van der Waals surface area contributed by atoms with Gasteiger partial charge >= 0.3 is 0 Å². The highest BCUT2D eigenvalue weighted by molar-refractivity contribution is 8.23. The zero-order chi connectivity index (χ0) is 9.26. The van der Waals surface area contributed by atoms with Gasteiger partial charge in [-0.15, -0.1) is 0 Å². The van der Waals surface area contributed by atoms with Crippen molar-refractivity contribution in [2.45, 2.75) is 6.42 Å². The van der Waals surface area contributed by atoms with Gasteiger partial charge < -0.3 is 4.74 Å². The van der Waals surface area contributed by atoms with Crippen molar-refractivity contribution in [2.75, 3.05) is 18.9 Å². The second-order valence-corrected chi connectivity index (χ2v) is 4.45. The highest BCUT2D eigenvalue weighted by atomic mass is 32.2. The molecule has 0 saturated carbocycles. The monoisotopic (exact) mass is 215 g/mol. The largest absolute Gasteiger partial charge is 0.496 e. The predicted octanol–water partition coefficient (Wildman–Crippen LogP) is 1.15. The molecule has 1 amide bonds. The minimum absolute atomic E-state index is 0.0893. The van der Waals surface area contributed by atoms with E-state index in [-0.39, 0.29) is 5.91 Å². The Balaban J connectivity index is 2.00.